The summed E-state index contributed by atoms with van der Waals surface area (Å²) in [7, 11) is 1.71. The predicted molar refractivity (Wildman–Crippen MR) is 271 cm³/mol. The van der Waals surface area contributed by atoms with E-state index in [-0.39, 0.29) is 12.1 Å². The average Bonchev–Trinajstić information content (AvgIpc) is 3.81. The fourth-order valence-corrected chi connectivity index (χ4v) is 10.2. The van der Waals surface area contributed by atoms with E-state index < -0.39 is 77.8 Å². The Morgan fingerprint density at radius 2 is 1.30 bits per heavy atom. The molecule has 1 saturated heterocycles. The first-order chi connectivity index (χ1) is 35.2. The van der Waals surface area contributed by atoms with Crippen LogP contribution in [0.25, 0.3) is 0 Å². The molecule has 0 spiro atoms. The second-order valence-corrected chi connectivity index (χ2v) is 19.9. The standard InChI is InChI=1S/C53H52N8O10S2/c1-53(2,3)71-52(67)55-40(48(64)69-44(34-17-9-5-10-18-34)35-19-11-6-12-20-35)30-68-51(66)54-39-27-25-33(26-28-39)29-41(62)56-42-46(63)61-43(38(31-72-47(42)61)32-73-50-57-58-59-60(50)4)49(65)70-45(36-21-13-7-14-22-36)37-23-15-8-16-24-37/h5-28,40,42,44-45,47H,29-32H2,1-4H3,(H,54,66)(H,55,67)(H,56,62)/t40?,42-,47-/m1/s1. The molecule has 376 valence electrons. The van der Waals surface area contributed by atoms with Gasteiger partial charge in [0.2, 0.25) is 11.1 Å². The van der Waals surface area contributed by atoms with Gasteiger partial charge in [0.25, 0.3) is 5.91 Å². The van der Waals surface area contributed by atoms with Gasteiger partial charge < -0.3 is 29.6 Å². The van der Waals surface area contributed by atoms with E-state index in [9.17, 15) is 28.8 Å². The van der Waals surface area contributed by atoms with Crippen molar-refractivity contribution in [3.05, 3.63) is 185 Å². The maximum atomic E-state index is 14.4. The van der Waals surface area contributed by atoms with Crippen LogP contribution in [0.1, 0.15) is 60.8 Å². The fraction of sp³-hybridized carbons (Fsp3) is 0.264. The molecule has 3 atom stereocenters. The number of nitrogens with zero attached hydrogens (tertiary/aromatic N) is 5. The summed E-state index contributed by atoms with van der Waals surface area (Å²) in [6.45, 7) is 4.40. The first kappa shape index (κ1) is 51.4. The topological polar surface area (TPSA) is 222 Å². The number of alkyl carbamates (subject to hydrolysis) is 1. The molecule has 4 amide bonds. The monoisotopic (exact) mass is 1020 g/mol. The molecule has 0 bridgehead atoms. The Kier molecular flexibility index (Phi) is 16.5. The van der Waals surface area contributed by atoms with Gasteiger partial charge >= 0.3 is 24.1 Å². The summed E-state index contributed by atoms with van der Waals surface area (Å²) in [5, 5.41) is 19.5. The molecule has 2 aliphatic heterocycles. The predicted octanol–water partition coefficient (Wildman–Crippen LogP) is 7.31. The Labute approximate surface area is 429 Å². The molecule has 2 aliphatic rings. The number of carbonyl (C=O) groups excluding carboxylic acids is 6. The zero-order chi connectivity index (χ0) is 51.5. The van der Waals surface area contributed by atoms with Crippen LogP contribution in [0.5, 0.6) is 0 Å². The summed E-state index contributed by atoms with van der Waals surface area (Å²) in [6.07, 6.45) is -3.55. The van der Waals surface area contributed by atoms with Gasteiger partial charge in [0.05, 0.1) is 6.42 Å². The highest BCUT2D eigenvalue weighted by molar-refractivity contribution is 8.01. The molecule has 3 heterocycles. The lowest BCUT2D eigenvalue weighted by Gasteiger charge is -2.49. The van der Waals surface area contributed by atoms with Crippen molar-refractivity contribution >= 4 is 65.2 Å². The number of aromatic nitrogens is 4. The summed E-state index contributed by atoms with van der Waals surface area (Å²) in [5.41, 5.74) is 3.65. The van der Waals surface area contributed by atoms with E-state index in [1.54, 1.807) is 52.1 Å². The minimum atomic E-state index is -1.45. The number of hydrogen-bond donors (Lipinski definition) is 3. The highest BCUT2D eigenvalue weighted by atomic mass is 32.2. The van der Waals surface area contributed by atoms with Gasteiger partial charge in [-0.25, -0.2) is 23.9 Å². The summed E-state index contributed by atoms with van der Waals surface area (Å²) < 4.78 is 24.5. The first-order valence-electron chi connectivity index (χ1n) is 23.2. The fourth-order valence-electron chi connectivity index (χ4n) is 7.85. The largest absolute Gasteiger partial charge is 0.451 e. The van der Waals surface area contributed by atoms with Crippen molar-refractivity contribution < 1.29 is 47.7 Å². The van der Waals surface area contributed by atoms with Crippen molar-refractivity contribution in [1.82, 2.24) is 35.7 Å². The van der Waals surface area contributed by atoms with E-state index >= 15 is 0 Å². The average molecular weight is 1030 g/mol. The third-order valence-corrected chi connectivity index (χ3v) is 13.7. The zero-order valence-corrected chi connectivity index (χ0v) is 41.8. The lowest BCUT2D eigenvalue weighted by molar-refractivity contribution is -0.154. The van der Waals surface area contributed by atoms with Gasteiger partial charge in [-0.15, -0.1) is 16.9 Å². The van der Waals surface area contributed by atoms with Gasteiger partial charge in [0.15, 0.2) is 18.2 Å². The van der Waals surface area contributed by atoms with Crippen molar-refractivity contribution in [3.63, 3.8) is 0 Å². The number of benzene rings is 5. The lowest BCUT2D eigenvalue weighted by Crippen LogP contribution is -2.70. The highest BCUT2D eigenvalue weighted by Crippen LogP contribution is 2.43. The molecule has 1 unspecified atom stereocenters. The number of rotatable bonds is 18. The molecule has 6 aromatic rings. The first-order valence-corrected chi connectivity index (χ1v) is 25.2. The second kappa shape index (κ2) is 23.5. The van der Waals surface area contributed by atoms with Gasteiger partial charge in [0, 0.05) is 24.2 Å². The number of amides is 4. The molecule has 0 radical (unpaired) electrons. The minimum Gasteiger partial charge on any atom is -0.451 e. The molecule has 20 heteroatoms. The van der Waals surface area contributed by atoms with Gasteiger partial charge in [-0.2, -0.15) is 0 Å². The maximum Gasteiger partial charge on any atom is 0.411 e. The molecule has 1 fully saturated rings. The number of hydrogen-bond acceptors (Lipinski definition) is 15. The summed E-state index contributed by atoms with van der Waals surface area (Å²) in [4.78, 5) is 83.0. The zero-order valence-electron chi connectivity index (χ0n) is 40.2. The van der Waals surface area contributed by atoms with Crippen molar-refractivity contribution in [2.24, 2.45) is 7.05 Å². The summed E-state index contributed by atoms with van der Waals surface area (Å²) in [5.74, 6) is -1.78. The molecule has 0 saturated carbocycles. The summed E-state index contributed by atoms with van der Waals surface area (Å²) in [6, 6.07) is 40.8. The molecular formula is C53H52N8O10S2. The number of β-lactam (4-membered cyclic amide) rings is 1. The van der Waals surface area contributed by atoms with Crippen molar-refractivity contribution in [2.75, 3.05) is 23.4 Å². The van der Waals surface area contributed by atoms with Crippen molar-refractivity contribution in [1.29, 1.82) is 0 Å². The van der Waals surface area contributed by atoms with Gasteiger partial charge in [-0.05, 0) is 76.7 Å². The van der Waals surface area contributed by atoms with Gasteiger partial charge in [-0.3, -0.25) is 19.8 Å². The van der Waals surface area contributed by atoms with Crippen LogP contribution in [0.4, 0.5) is 15.3 Å². The van der Waals surface area contributed by atoms with E-state index in [1.165, 1.54) is 33.1 Å². The molecule has 0 aliphatic carbocycles. The number of ether oxygens (including phenoxy) is 4. The normalized spacial score (nSPS) is 15.6. The number of nitrogens with one attached hydrogen (secondary N) is 3. The maximum absolute atomic E-state index is 14.4. The van der Waals surface area contributed by atoms with Crippen LogP contribution in [0, 0.1) is 0 Å². The van der Waals surface area contributed by atoms with Crippen LogP contribution in [0.3, 0.4) is 0 Å². The van der Waals surface area contributed by atoms with Crippen LogP contribution in [0.15, 0.2) is 162 Å². The lowest BCUT2D eigenvalue weighted by atomic mass is 10.0. The smallest absolute Gasteiger partial charge is 0.411 e. The Morgan fingerprint density at radius 3 is 1.82 bits per heavy atom. The molecule has 8 rings (SSSR count). The van der Waals surface area contributed by atoms with Crippen LogP contribution < -0.4 is 16.0 Å². The minimum absolute atomic E-state index is 0.104. The highest BCUT2D eigenvalue weighted by Gasteiger charge is 2.54. The molecular weight excluding hydrogens is 973 g/mol. The second-order valence-electron chi connectivity index (χ2n) is 17.8. The van der Waals surface area contributed by atoms with Crippen molar-refractivity contribution in [3.8, 4) is 0 Å². The summed E-state index contributed by atoms with van der Waals surface area (Å²) >= 11 is 2.74. The third-order valence-electron chi connectivity index (χ3n) is 11.3. The van der Waals surface area contributed by atoms with Crippen LogP contribution in [-0.2, 0) is 51.6 Å². The van der Waals surface area contributed by atoms with E-state index in [2.05, 4.69) is 31.5 Å². The SMILES string of the molecule is Cn1nnnc1SCC1=C(C(=O)OC(c2ccccc2)c2ccccc2)N2C(=O)[C@@H](NC(=O)Cc3ccc(NC(=O)OCC(NC(=O)OC(C)(C)C)C(=O)OC(c4ccccc4)c4ccccc4)cc3)[C@H]2SC1. The third kappa shape index (κ3) is 13.3. The van der Waals surface area contributed by atoms with Crippen LogP contribution in [0.2, 0.25) is 0 Å². The van der Waals surface area contributed by atoms with E-state index in [4.69, 9.17) is 18.9 Å². The number of tetrazole rings is 1. The number of fused-ring (bicyclic) bond motifs is 1. The van der Waals surface area contributed by atoms with Crippen LogP contribution in [-0.4, -0.2) is 102 Å². The van der Waals surface area contributed by atoms with E-state index in [0.29, 0.717) is 44.6 Å². The number of carbonyl (C=O) groups is 6. The Balaban J connectivity index is 0.888. The molecule has 18 nitrogen and oxygen atoms in total. The van der Waals surface area contributed by atoms with Crippen molar-refractivity contribution in [2.45, 2.75) is 67.6 Å². The number of esters is 2. The molecule has 73 heavy (non-hydrogen) atoms. The van der Waals surface area contributed by atoms with E-state index in [1.807, 2.05) is 121 Å². The molecule has 1 aromatic heterocycles. The molecule has 5 aromatic carbocycles. The number of anilines is 1. The van der Waals surface area contributed by atoms with Gasteiger partial charge in [0.1, 0.15) is 29.3 Å². The van der Waals surface area contributed by atoms with Crippen LogP contribution >= 0.6 is 23.5 Å². The van der Waals surface area contributed by atoms with Gasteiger partial charge in [-0.1, -0.05) is 145 Å². The Bertz CT molecular complexity index is 2860. The van der Waals surface area contributed by atoms with E-state index in [0.717, 1.165) is 11.1 Å². The Hall–Kier alpha value is -7.97. The Morgan fingerprint density at radius 1 is 0.753 bits per heavy atom. The molecule has 3 N–H and O–H groups in total. The number of thioether (sulfide) groups is 2. The quantitative estimate of drug-likeness (QED) is 0.0333. The number of aryl methyl sites for hydroxylation is 1.